The van der Waals surface area contributed by atoms with E-state index in [1.54, 1.807) is 18.2 Å². The third-order valence-corrected chi connectivity index (χ3v) is 3.69. The normalized spacial score (nSPS) is 10.7. The van der Waals surface area contributed by atoms with Crippen LogP contribution in [0.2, 0.25) is 0 Å². The topological polar surface area (TPSA) is 52.6 Å². The summed E-state index contributed by atoms with van der Waals surface area (Å²) in [4.78, 5) is 14.3. The van der Waals surface area contributed by atoms with Gasteiger partial charge in [-0.1, -0.05) is 42.0 Å². The Hall–Kier alpha value is -2.33. The molecule has 122 valence electrons. The van der Waals surface area contributed by atoms with Crippen LogP contribution in [0, 0.1) is 6.92 Å². The number of carbonyl (C=O) groups excluding carboxylic acids is 1. The van der Waals surface area contributed by atoms with Gasteiger partial charge in [0.2, 0.25) is 0 Å². The van der Waals surface area contributed by atoms with E-state index >= 15 is 0 Å². The Kier molecular flexibility index (Phi) is 6.18. The van der Waals surface area contributed by atoms with Gasteiger partial charge < -0.3 is 15.3 Å². The van der Waals surface area contributed by atoms with Gasteiger partial charge in [0.05, 0.1) is 5.56 Å². The number of nitrogens with zero attached hydrogens (tertiary/aromatic N) is 1. The van der Waals surface area contributed by atoms with Gasteiger partial charge in [-0.25, -0.2) is 0 Å². The molecule has 2 aromatic carbocycles. The Bertz CT molecular complexity index is 641. The minimum absolute atomic E-state index is 0.0225. The summed E-state index contributed by atoms with van der Waals surface area (Å²) in [6, 6.07) is 15.3. The Morgan fingerprint density at radius 2 is 1.91 bits per heavy atom. The highest BCUT2D eigenvalue weighted by Crippen LogP contribution is 2.17. The number of hydrogen-bond acceptors (Lipinski definition) is 3. The summed E-state index contributed by atoms with van der Waals surface area (Å²) in [6.45, 7) is 4.28. The second-order valence-electron chi connectivity index (χ2n) is 5.85. The zero-order valence-electron chi connectivity index (χ0n) is 13.7. The number of aromatic hydroxyl groups is 1. The molecule has 0 atom stereocenters. The van der Waals surface area contributed by atoms with Crippen molar-refractivity contribution in [3.05, 3.63) is 65.2 Å². The molecule has 0 heterocycles. The average Bonchev–Trinajstić information content (AvgIpc) is 2.54. The maximum Gasteiger partial charge on any atom is 0.255 e. The van der Waals surface area contributed by atoms with Crippen molar-refractivity contribution in [2.75, 3.05) is 20.1 Å². The Balaban J connectivity index is 1.72. The standard InChI is InChI=1S/C19H24N2O2/c1-15-9-10-18(22)17(13-15)19(23)20-11-6-12-21(2)14-16-7-4-3-5-8-16/h3-5,7-10,13,22H,6,11-12,14H2,1-2H3,(H,20,23). The maximum atomic E-state index is 12.1. The predicted octanol–water partition coefficient (Wildman–Crippen LogP) is 2.95. The van der Waals surface area contributed by atoms with Crippen LogP contribution in [-0.2, 0) is 6.54 Å². The van der Waals surface area contributed by atoms with Crippen LogP contribution in [0.25, 0.3) is 0 Å². The summed E-state index contributed by atoms with van der Waals surface area (Å²) in [5.41, 5.74) is 2.57. The molecule has 0 unspecified atom stereocenters. The fourth-order valence-corrected chi connectivity index (χ4v) is 2.45. The molecule has 0 saturated carbocycles. The van der Waals surface area contributed by atoms with Crippen molar-refractivity contribution in [3.8, 4) is 5.75 Å². The minimum Gasteiger partial charge on any atom is -0.507 e. The lowest BCUT2D eigenvalue weighted by Gasteiger charge is -2.16. The van der Waals surface area contributed by atoms with E-state index in [1.165, 1.54) is 5.56 Å². The van der Waals surface area contributed by atoms with Crippen LogP contribution in [0.15, 0.2) is 48.5 Å². The van der Waals surface area contributed by atoms with Gasteiger partial charge in [-0.2, -0.15) is 0 Å². The fraction of sp³-hybridized carbons (Fsp3) is 0.316. The number of phenols is 1. The van der Waals surface area contributed by atoms with Crippen LogP contribution in [0.5, 0.6) is 5.75 Å². The molecule has 0 saturated heterocycles. The van der Waals surface area contributed by atoms with Gasteiger partial charge in [-0.3, -0.25) is 4.79 Å². The van der Waals surface area contributed by atoms with Crippen LogP contribution in [0.1, 0.15) is 27.9 Å². The Morgan fingerprint density at radius 3 is 2.65 bits per heavy atom. The smallest absolute Gasteiger partial charge is 0.255 e. The number of hydrogen-bond donors (Lipinski definition) is 2. The van der Waals surface area contributed by atoms with Crippen molar-refractivity contribution in [3.63, 3.8) is 0 Å². The summed E-state index contributed by atoms with van der Waals surface area (Å²) in [5, 5.41) is 12.6. The van der Waals surface area contributed by atoms with E-state index < -0.39 is 0 Å². The molecule has 0 fully saturated rings. The molecule has 0 bridgehead atoms. The van der Waals surface area contributed by atoms with Crippen molar-refractivity contribution in [2.24, 2.45) is 0 Å². The third kappa shape index (κ3) is 5.42. The highest BCUT2D eigenvalue weighted by atomic mass is 16.3. The van der Waals surface area contributed by atoms with Gasteiger partial charge in [0.1, 0.15) is 5.75 Å². The molecule has 4 heteroatoms. The van der Waals surface area contributed by atoms with E-state index in [4.69, 9.17) is 0 Å². The number of amides is 1. The summed E-state index contributed by atoms with van der Waals surface area (Å²) in [5.74, 6) is -0.203. The monoisotopic (exact) mass is 312 g/mol. The quantitative estimate of drug-likeness (QED) is 0.773. The number of rotatable bonds is 7. The molecule has 4 nitrogen and oxygen atoms in total. The molecular formula is C19H24N2O2. The first-order valence-corrected chi connectivity index (χ1v) is 7.86. The van der Waals surface area contributed by atoms with Crippen LogP contribution in [0.4, 0.5) is 0 Å². The number of benzene rings is 2. The Labute approximate surface area is 137 Å². The number of aryl methyl sites for hydroxylation is 1. The largest absolute Gasteiger partial charge is 0.507 e. The van der Waals surface area contributed by atoms with Crippen molar-refractivity contribution in [2.45, 2.75) is 19.9 Å². The molecule has 2 rings (SSSR count). The summed E-state index contributed by atoms with van der Waals surface area (Å²) >= 11 is 0. The first-order valence-electron chi connectivity index (χ1n) is 7.86. The van der Waals surface area contributed by atoms with Crippen LogP contribution >= 0.6 is 0 Å². The van der Waals surface area contributed by atoms with Crippen molar-refractivity contribution in [1.82, 2.24) is 10.2 Å². The lowest BCUT2D eigenvalue weighted by atomic mass is 10.1. The molecule has 0 aliphatic rings. The van der Waals surface area contributed by atoms with Gasteiger partial charge >= 0.3 is 0 Å². The molecule has 1 amide bonds. The Morgan fingerprint density at radius 1 is 1.17 bits per heavy atom. The molecule has 0 spiro atoms. The first kappa shape index (κ1) is 17.0. The van der Waals surface area contributed by atoms with Gasteiger partial charge in [0, 0.05) is 13.1 Å². The first-order chi connectivity index (χ1) is 11.1. The summed E-state index contributed by atoms with van der Waals surface area (Å²) in [6.07, 6.45) is 0.863. The van der Waals surface area contributed by atoms with Gasteiger partial charge in [0.25, 0.3) is 5.91 Å². The van der Waals surface area contributed by atoms with E-state index in [1.807, 2.05) is 25.1 Å². The van der Waals surface area contributed by atoms with E-state index in [9.17, 15) is 9.90 Å². The molecule has 0 aliphatic heterocycles. The van der Waals surface area contributed by atoms with E-state index in [0.717, 1.165) is 25.1 Å². The van der Waals surface area contributed by atoms with Gasteiger partial charge in [0.15, 0.2) is 0 Å². The van der Waals surface area contributed by atoms with Crippen LogP contribution in [-0.4, -0.2) is 36.1 Å². The molecule has 0 aromatic heterocycles. The minimum atomic E-state index is -0.225. The molecule has 0 radical (unpaired) electrons. The predicted molar refractivity (Wildman–Crippen MR) is 92.6 cm³/mol. The zero-order chi connectivity index (χ0) is 16.7. The van der Waals surface area contributed by atoms with Gasteiger partial charge in [-0.05, 0) is 44.6 Å². The molecule has 2 aromatic rings. The highest BCUT2D eigenvalue weighted by molar-refractivity contribution is 5.96. The summed E-state index contributed by atoms with van der Waals surface area (Å²) < 4.78 is 0. The molecule has 0 aliphatic carbocycles. The number of carbonyl (C=O) groups is 1. The van der Waals surface area contributed by atoms with Crippen LogP contribution in [0.3, 0.4) is 0 Å². The zero-order valence-corrected chi connectivity index (χ0v) is 13.7. The van der Waals surface area contributed by atoms with E-state index in [0.29, 0.717) is 12.1 Å². The van der Waals surface area contributed by atoms with Crippen molar-refractivity contribution in [1.29, 1.82) is 0 Å². The van der Waals surface area contributed by atoms with E-state index in [-0.39, 0.29) is 11.7 Å². The molecule has 23 heavy (non-hydrogen) atoms. The lowest BCUT2D eigenvalue weighted by molar-refractivity contribution is 0.0949. The van der Waals surface area contributed by atoms with Gasteiger partial charge in [-0.15, -0.1) is 0 Å². The van der Waals surface area contributed by atoms with E-state index in [2.05, 4.69) is 29.4 Å². The summed E-state index contributed by atoms with van der Waals surface area (Å²) in [7, 11) is 2.07. The second-order valence-corrected chi connectivity index (χ2v) is 5.85. The van der Waals surface area contributed by atoms with Crippen molar-refractivity contribution < 1.29 is 9.90 Å². The average molecular weight is 312 g/mol. The maximum absolute atomic E-state index is 12.1. The van der Waals surface area contributed by atoms with Crippen LogP contribution < -0.4 is 5.32 Å². The highest BCUT2D eigenvalue weighted by Gasteiger charge is 2.10. The molecule has 2 N–H and O–H groups in total. The van der Waals surface area contributed by atoms with Crippen molar-refractivity contribution >= 4 is 5.91 Å². The number of nitrogens with one attached hydrogen (secondary N) is 1. The number of phenolic OH excluding ortho intramolecular Hbond substituents is 1. The third-order valence-electron chi connectivity index (χ3n) is 3.69. The SMILES string of the molecule is Cc1ccc(O)c(C(=O)NCCCN(C)Cc2ccccc2)c1. The fourth-order valence-electron chi connectivity index (χ4n) is 2.45. The molecular weight excluding hydrogens is 288 g/mol. The second kappa shape index (κ2) is 8.34. The lowest BCUT2D eigenvalue weighted by Crippen LogP contribution is -2.28.